The number of benzene rings is 2. The number of amides is 3. The number of rotatable bonds is 15. The Hall–Kier alpha value is -3.82. The summed E-state index contributed by atoms with van der Waals surface area (Å²) >= 11 is 0. The molecule has 0 fully saturated rings. The predicted octanol–water partition coefficient (Wildman–Crippen LogP) is 3.00. The van der Waals surface area contributed by atoms with Crippen LogP contribution in [0.2, 0.25) is 0 Å². The maximum Gasteiger partial charge on any atom is 0.249 e. The lowest BCUT2D eigenvalue weighted by molar-refractivity contribution is -0.132. The van der Waals surface area contributed by atoms with Gasteiger partial charge < -0.3 is 26.8 Å². The molecule has 3 rings (SSSR count). The molecule has 0 spiro atoms. The van der Waals surface area contributed by atoms with Crippen molar-refractivity contribution in [1.82, 2.24) is 10.2 Å². The van der Waals surface area contributed by atoms with Gasteiger partial charge in [0.2, 0.25) is 17.7 Å². The van der Waals surface area contributed by atoms with Crippen LogP contribution in [0, 0.1) is 17.2 Å². The van der Waals surface area contributed by atoms with Crippen LogP contribution in [0.1, 0.15) is 44.2 Å². The Bertz CT molecular complexity index is 1260. The van der Waals surface area contributed by atoms with E-state index in [-0.39, 0.29) is 36.4 Å². The van der Waals surface area contributed by atoms with E-state index in [9.17, 15) is 23.9 Å². The quantitative estimate of drug-likeness (QED) is 0.263. The van der Waals surface area contributed by atoms with Gasteiger partial charge in [-0.15, -0.1) is 0 Å². The van der Waals surface area contributed by atoms with Gasteiger partial charge in [-0.2, -0.15) is 0 Å². The maximum absolute atomic E-state index is 13.7. The number of nitrogens with two attached hydrogens (primary N) is 2. The summed E-state index contributed by atoms with van der Waals surface area (Å²) in [4.78, 5) is 41.3. The minimum Gasteiger partial charge on any atom is -0.391 e. The lowest BCUT2D eigenvalue weighted by Gasteiger charge is -2.42. The zero-order valence-electron chi connectivity index (χ0n) is 23.8. The normalized spacial score (nSPS) is 18.1. The zero-order valence-corrected chi connectivity index (χ0v) is 23.8. The first-order valence-electron chi connectivity index (χ1n) is 14.1. The fraction of sp³-hybridized carbons (Fsp3) is 0.406. The number of halogens is 1. The molecule has 41 heavy (non-hydrogen) atoms. The number of nitrogens with one attached hydrogen (secondary N) is 1. The summed E-state index contributed by atoms with van der Waals surface area (Å²) in [6.45, 7) is 5.51. The molecule has 0 saturated carbocycles. The van der Waals surface area contributed by atoms with E-state index in [1.165, 1.54) is 24.3 Å². The van der Waals surface area contributed by atoms with Crippen LogP contribution in [-0.2, 0) is 27.3 Å². The fourth-order valence-electron chi connectivity index (χ4n) is 5.48. The van der Waals surface area contributed by atoms with Gasteiger partial charge in [-0.25, -0.2) is 4.39 Å². The van der Waals surface area contributed by atoms with Crippen molar-refractivity contribution in [2.75, 3.05) is 19.6 Å². The molecular formula is C32H41FN4O4. The fourth-order valence-corrected chi connectivity index (χ4v) is 5.48. The number of hydrogen-bond acceptors (Lipinski definition) is 5. The van der Waals surface area contributed by atoms with Crippen LogP contribution in [0.4, 0.5) is 4.39 Å². The molecule has 0 heterocycles. The van der Waals surface area contributed by atoms with Gasteiger partial charge in [0.1, 0.15) is 5.82 Å². The molecule has 3 amide bonds. The SMILES string of the molecule is CCCN(CCC)C(=O)C1=CC(C(N)=O)=CC(C(N)=O)([C@H](Cc2ccc(F)cc2)[C@@H](O)CNCc2ccccc2)C1. The van der Waals surface area contributed by atoms with E-state index in [1.54, 1.807) is 17.0 Å². The highest BCUT2D eigenvalue weighted by molar-refractivity contribution is 6.03. The first kappa shape index (κ1) is 31.7. The van der Waals surface area contributed by atoms with E-state index >= 15 is 0 Å². The molecule has 220 valence electrons. The molecule has 1 aliphatic carbocycles. The number of carbonyl (C=O) groups is 3. The maximum atomic E-state index is 13.7. The Balaban J connectivity index is 2.04. The number of hydrogen-bond donors (Lipinski definition) is 4. The number of nitrogens with zero attached hydrogens (tertiary/aromatic N) is 1. The third-order valence-corrected chi connectivity index (χ3v) is 7.54. The predicted molar refractivity (Wildman–Crippen MR) is 157 cm³/mol. The zero-order chi connectivity index (χ0) is 30.0. The van der Waals surface area contributed by atoms with Gasteiger partial charge in [0.05, 0.1) is 11.5 Å². The summed E-state index contributed by atoms with van der Waals surface area (Å²) in [5.41, 5.74) is 12.0. The lowest BCUT2D eigenvalue weighted by Crippen LogP contribution is -2.52. The molecule has 9 heteroatoms. The Morgan fingerprint density at radius 2 is 1.63 bits per heavy atom. The highest BCUT2D eigenvalue weighted by atomic mass is 19.1. The Morgan fingerprint density at radius 1 is 1.00 bits per heavy atom. The monoisotopic (exact) mass is 564 g/mol. The Labute approximate surface area is 241 Å². The van der Waals surface area contributed by atoms with Crippen molar-refractivity contribution in [3.05, 3.63) is 94.8 Å². The topological polar surface area (TPSA) is 139 Å². The second-order valence-corrected chi connectivity index (χ2v) is 10.6. The Morgan fingerprint density at radius 3 is 2.20 bits per heavy atom. The molecule has 0 bridgehead atoms. The number of aliphatic hydroxyl groups excluding tert-OH is 1. The van der Waals surface area contributed by atoms with Crippen molar-refractivity contribution >= 4 is 17.7 Å². The van der Waals surface area contributed by atoms with E-state index in [0.717, 1.165) is 18.4 Å². The minimum atomic E-state index is -1.61. The molecule has 6 N–H and O–H groups in total. The smallest absolute Gasteiger partial charge is 0.249 e. The highest BCUT2D eigenvalue weighted by Crippen LogP contribution is 2.44. The van der Waals surface area contributed by atoms with E-state index in [0.29, 0.717) is 25.2 Å². The van der Waals surface area contributed by atoms with Gasteiger partial charge in [0.25, 0.3) is 0 Å². The van der Waals surface area contributed by atoms with Crippen molar-refractivity contribution in [2.45, 2.75) is 52.2 Å². The van der Waals surface area contributed by atoms with Crippen molar-refractivity contribution in [3.63, 3.8) is 0 Å². The van der Waals surface area contributed by atoms with Crippen molar-refractivity contribution < 1.29 is 23.9 Å². The van der Waals surface area contributed by atoms with Gasteiger partial charge in [-0.3, -0.25) is 14.4 Å². The van der Waals surface area contributed by atoms with E-state index in [1.807, 2.05) is 44.2 Å². The lowest BCUT2D eigenvalue weighted by atomic mass is 9.63. The van der Waals surface area contributed by atoms with E-state index in [4.69, 9.17) is 11.5 Å². The summed E-state index contributed by atoms with van der Waals surface area (Å²) in [6, 6.07) is 15.4. The van der Waals surface area contributed by atoms with Crippen LogP contribution in [0.5, 0.6) is 0 Å². The highest BCUT2D eigenvalue weighted by Gasteiger charge is 2.49. The molecule has 0 radical (unpaired) electrons. The Kier molecular flexibility index (Phi) is 11.4. The summed E-state index contributed by atoms with van der Waals surface area (Å²) in [7, 11) is 0. The van der Waals surface area contributed by atoms with Crippen molar-refractivity contribution in [1.29, 1.82) is 0 Å². The summed E-state index contributed by atoms with van der Waals surface area (Å²) in [5.74, 6) is -3.19. The minimum absolute atomic E-state index is 0.0140. The molecule has 2 aromatic rings. The average Bonchev–Trinajstić information content (AvgIpc) is 2.96. The van der Waals surface area contributed by atoms with Gasteiger partial charge >= 0.3 is 0 Å². The number of primary amides is 2. The van der Waals surface area contributed by atoms with Crippen LogP contribution in [0.3, 0.4) is 0 Å². The number of aliphatic hydroxyl groups is 1. The molecule has 1 aliphatic rings. The number of carbonyl (C=O) groups excluding carboxylic acids is 3. The van der Waals surface area contributed by atoms with Crippen LogP contribution < -0.4 is 16.8 Å². The third kappa shape index (κ3) is 8.11. The van der Waals surface area contributed by atoms with Gasteiger partial charge in [0.15, 0.2) is 0 Å². The second-order valence-electron chi connectivity index (χ2n) is 10.6. The molecule has 1 unspecified atom stereocenters. The summed E-state index contributed by atoms with van der Waals surface area (Å²) < 4.78 is 13.7. The van der Waals surface area contributed by atoms with E-state index < -0.39 is 35.1 Å². The third-order valence-electron chi connectivity index (χ3n) is 7.54. The van der Waals surface area contributed by atoms with Crippen molar-refractivity contribution in [2.24, 2.45) is 22.8 Å². The first-order chi connectivity index (χ1) is 19.6. The molecule has 0 aliphatic heterocycles. The average molecular weight is 565 g/mol. The molecule has 8 nitrogen and oxygen atoms in total. The van der Waals surface area contributed by atoms with Crippen molar-refractivity contribution in [3.8, 4) is 0 Å². The largest absolute Gasteiger partial charge is 0.391 e. The standard InChI is InChI=1S/C32H41FN4O4/c1-3-14-37(15-4-2)30(40)25-17-24(29(34)39)18-32(19-25,31(35)41)27(16-22-10-12-26(33)13-11-22)28(38)21-36-20-23-8-6-5-7-9-23/h5-13,17-18,27-28,36,38H,3-4,14-16,19-21H2,1-2H3,(H2,34,39)(H2,35,41)/t27-,28+,32?/m1/s1. The molecule has 0 saturated heterocycles. The molecule has 0 aromatic heterocycles. The molecule has 2 aromatic carbocycles. The van der Waals surface area contributed by atoms with E-state index in [2.05, 4.69) is 5.32 Å². The molecular weight excluding hydrogens is 523 g/mol. The van der Waals surface area contributed by atoms with Crippen LogP contribution >= 0.6 is 0 Å². The van der Waals surface area contributed by atoms with Gasteiger partial charge in [0, 0.05) is 43.2 Å². The van der Waals surface area contributed by atoms with Crippen LogP contribution in [0.25, 0.3) is 0 Å². The van der Waals surface area contributed by atoms with Gasteiger partial charge in [-0.1, -0.05) is 62.4 Å². The summed E-state index contributed by atoms with van der Waals surface area (Å²) in [6.07, 6.45) is 3.21. The van der Waals surface area contributed by atoms with Crippen LogP contribution in [-0.4, -0.2) is 53.5 Å². The van der Waals surface area contributed by atoms with Crippen LogP contribution in [0.15, 0.2) is 77.9 Å². The molecule has 3 atom stereocenters. The summed E-state index contributed by atoms with van der Waals surface area (Å²) in [5, 5.41) is 14.8. The first-order valence-corrected chi connectivity index (χ1v) is 14.1. The van der Waals surface area contributed by atoms with Gasteiger partial charge in [-0.05, 0) is 55.0 Å². The second kappa shape index (κ2) is 14.7.